The quantitative estimate of drug-likeness (QED) is 0.328. The maximum absolute atomic E-state index is 4.91. The predicted molar refractivity (Wildman–Crippen MR) is 25.8 cm³/mol. The monoisotopic (exact) mass is 90.0 g/mol. The van der Waals surface area contributed by atoms with Gasteiger partial charge in [-0.2, -0.15) is 0 Å². The van der Waals surface area contributed by atoms with Crippen LogP contribution in [0.4, 0.5) is 0 Å². The molecule has 0 saturated carbocycles. The maximum atomic E-state index is 4.91. The van der Waals surface area contributed by atoms with Crippen LogP contribution in [0.3, 0.4) is 0 Å². The zero-order valence-corrected chi connectivity index (χ0v) is 3.53. The fraction of sp³-hybridized carbons (Fsp3) is 0.500. The van der Waals surface area contributed by atoms with Crippen molar-refractivity contribution in [2.45, 2.75) is 6.17 Å². The lowest BCUT2D eigenvalue weighted by molar-refractivity contribution is 0.953. The van der Waals surface area contributed by atoms with E-state index in [0.29, 0.717) is 0 Å². The van der Waals surface area contributed by atoms with Crippen LogP contribution < -0.4 is 11.5 Å². The Morgan fingerprint density at radius 1 is 1.60 bits per heavy atom. The van der Waals surface area contributed by atoms with Crippen molar-refractivity contribution in [1.29, 1.82) is 0 Å². The van der Waals surface area contributed by atoms with Crippen LogP contribution in [0.25, 0.3) is 0 Å². The lowest BCUT2D eigenvalue weighted by atomic mass is 10.7. The Labute approximate surface area is 36.1 Å². The molecule has 0 aromatic heterocycles. The molecule has 30 valence electrons. The van der Waals surface area contributed by atoms with E-state index in [1.807, 2.05) is 0 Å². The molecule has 0 aromatic rings. The summed E-state index contributed by atoms with van der Waals surface area (Å²) in [5, 5.41) is 1.31. The van der Waals surface area contributed by atoms with Gasteiger partial charge < -0.3 is 11.5 Å². The minimum Gasteiger partial charge on any atom is -0.312 e. The van der Waals surface area contributed by atoms with Crippen LogP contribution >= 0.6 is 12.2 Å². The number of rotatable bonds is 1. The largest absolute Gasteiger partial charge is 0.312 e. The van der Waals surface area contributed by atoms with Crippen molar-refractivity contribution in [3.8, 4) is 0 Å². The van der Waals surface area contributed by atoms with Crippen LogP contribution in [0.5, 0.6) is 0 Å². The molecule has 0 aromatic carbocycles. The van der Waals surface area contributed by atoms with Gasteiger partial charge in [-0.1, -0.05) is 12.2 Å². The van der Waals surface area contributed by atoms with Crippen molar-refractivity contribution in [1.82, 2.24) is 0 Å². The molecule has 0 saturated heterocycles. The molecule has 5 heavy (non-hydrogen) atoms. The standard InChI is InChI=1S/C2H6N2S/c3-2(4)1-5/h1-2H,3-4H2. The van der Waals surface area contributed by atoms with E-state index >= 15 is 0 Å². The Morgan fingerprint density at radius 2 is 1.80 bits per heavy atom. The highest BCUT2D eigenvalue weighted by molar-refractivity contribution is 7.79. The summed E-state index contributed by atoms with van der Waals surface area (Å²) >= 11 is 4.30. The van der Waals surface area contributed by atoms with Crippen LogP contribution in [0.2, 0.25) is 0 Å². The smallest absolute Gasteiger partial charge is 0.0818 e. The van der Waals surface area contributed by atoms with Crippen LogP contribution in [-0.4, -0.2) is 11.5 Å². The zero-order valence-electron chi connectivity index (χ0n) is 2.72. The third-order valence-corrected chi connectivity index (χ3v) is 0.471. The van der Waals surface area contributed by atoms with Crippen LogP contribution in [0.15, 0.2) is 0 Å². The highest BCUT2D eigenvalue weighted by Gasteiger charge is 1.74. The summed E-state index contributed by atoms with van der Waals surface area (Å²) in [6.07, 6.45) is -0.426. The second kappa shape index (κ2) is 2.26. The second-order valence-electron chi connectivity index (χ2n) is 0.713. The highest BCUT2D eigenvalue weighted by atomic mass is 32.1. The van der Waals surface area contributed by atoms with E-state index in [2.05, 4.69) is 12.2 Å². The van der Waals surface area contributed by atoms with Crippen LogP contribution in [0.1, 0.15) is 0 Å². The Balaban J connectivity index is 2.83. The topological polar surface area (TPSA) is 52.0 Å². The number of thiocarbonyl (C=S) groups is 1. The third kappa shape index (κ3) is 4.01. The van der Waals surface area contributed by atoms with Crippen LogP contribution in [-0.2, 0) is 0 Å². The van der Waals surface area contributed by atoms with Gasteiger partial charge >= 0.3 is 0 Å². The normalized spacial score (nSPS) is 8.60. The summed E-state index contributed by atoms with van der Waals surface area (Å²) in [6.45, 7) is 0. The molecular formula is C2H6N2S. The van der Waals surface area contributed by atoms with Gasteiger partial charge in [-0.15, -0.1) is 0 Å². The van der Waals surface area contributed by atoms with E-state index in [1.54, 1.807) is 0 Å². The zero-order chi connectivity index (χ0) is 4.28. The summed E-state index contributed by atoms with van der Waals surface area (Å²) in [5.41, 5.74) is 9.82. The molecule has 0 rings (SSSR count). The molecule has 0 bridgehead atoms. The molecule has 0 amide bonds. The van der Waals surface area contributed by atoms with E-state index in [9.17, 15) is 0 Å². The summed E-state index contributed by atoms with van der Waals surface area (Å²) in [6, 6.07) is 0. The van der Waals surface area contributed by atoms with Gasteiger partial charge in [0.2, 0.25) is 0 Å². The first-order chi connectivity index (χ1) is 2.27. The van der Waals surface area contributed by atoms with Crippen molar-refractivity contribution in [3.63, 3.8) is 0 Å². The van der Waals surface area contributed by atoms with Gasteiger partial charge in [0, 0.05) is 5.37 Å². The first-order valence-corrected chi connectivity index (χ1v) is 1.71. The van der Waals surface area contributed by atoms with Crippen molar-refractivity contribution in [3.05, 3.63) is 0 Å². The molecule has 0 spiro atoms. The lowest BCUT2D eigenvalue weighted by Crippen LogP contribution is -2.30. The van der Waals surface area contributed by atoms with E-state index < -0.39 is 6.17 Å². The average Bonchev–Trinajstić information content (AvgIpc) is 1.38. The fourth-order valence-electron chi connectivity index (χ4n) is 0. The molecule has 0 fully saturated rings. The SMILES string of the molecule is NC(N)C=S. The number of nitrogens with two attached hydrogens (primary N) is 2. The fourth-order valence-corrected chi connectivity index (χ4v) is 0. The van der Waals surface area contributed by atoms with Gasteiger partial charge in [0.1, 0.15) is 0 Å². The molecule has 0 unspecified atom stereocenters. The van der Waals surface area contributed by atoms with Gasteiger partial charge in [-0.25, -0.2) is 0 Å². The summed E-state index contributed by atoms with van der Waals surface area (Å²) in [5.74, 6) is 0. The summed E-state index contributed by atoms with van der Waals surface area (Å²) in [7, 11) is 0. The second-order valence-corrected chi connectivity index (χ2v) is 0.986. The van der Waals surface area contributed by atoms with Gasteiger partial charge in [0.05, 0.1) is 6.17 Å². The van der Waals surface area contributed by atoms with Gasteiger partial charge in [0.25, 0.3) is 0 Å². The Hall–Kier alpha value is 0.01000. The molecular weight excluding hydrogens is 84.1 g/mol. The Morgan fingerprint density at radius 3 is 1.80 bits per heavy atom. The summed E-state index contributed by atoms with van der Waals surface area (Å²) in [4.78, 5) is 0. The average molecular weight is 90.2 g/mol. The van der Waals surface area contributed by atoms with Crippen LogP contribution in [0, 0.1) is 0 Å². The molecule has 2 nitrogen and oxygen atoms in total. The molecule has 3 heteroatoms. The molecule has 0 aliphatic rings. The van der Waals surface area contributed by atoms with Gasteiger partial charge in [-0.3, -0.25) is 0 Å². The molecule has 0 heterocycles. The van der Waals surface area contributed by atoms with E-state index in [-0.39, 0.29) is 0 Å². The third-order valence-electron chi connectivity index (χ3n) is 0.157. The van der Waals surface area contributed by atoms with E-state index in [0.717, 1.165) is 0 Å². The molecule has 0 aliphatic carbocycles. The number of hydrogen-bond donors (Lipinski definition) is 2. The van der Waals surface area contributed by atoms with E-state index in [4.69, 9.17) is 11.5 Å². The van der Waals surface area contributed by atoms with Crippen molar-refractivity contribution in [2.75, 3.05) is 0 Å². The predicted octanol–water partition coefficient (Wildman–Crippen LogP) is -0.770. The van der Waals surface area contributed by atoms with Crippen molar-refractivity contribution in [2.24, 2.45) is 11.5 Å². The van der Waals surface area contributed by atoms with E-state index in [1.165, 1.54) is 5.37 Å². The minimum atomic E-state index is -0.426. The van der Waals surface area contributed by atoms with Crippen molar-refractivity contribution >= 4 is 17.6 Å². The number of hydrogen-bond acceptors (Lipinski definition) is 3. The first-order valence-electron chi connectivity index (χ1n) is 1.24. The lowest BCUT2D eigenvalue weighted by Gasteiger charge is -1.85. The van der Waals surface area contributed by atoms with Crippen molar-refractivity contribution < 1.29 is 0 Å². The molecule has 0 aliphatic heterocycles. The molecule has 0 atom stereocenters. The Bertz CT molecular complexity index is 34.6. The first kappa shape index (κ1) is 5.01. The van der Waals surface area contributed by atoms with Gasteiger partial charge in [0.15, 0.2) is 0 Å². The highest BCUT2D eigenvalue weighted by Crippen LogP contribution is 1.47. The molecule has 4 N–H and O–H groups in total. The Kier molecular flexibility index (Phi) is 2.26. The molecule has 0 radical (unpaired) electrons. The maximum Gasteiger partial charge on any atom is 0.0818 e. The summed E-state index contributed by atoms with van der Waals surface area (Å²) < 4.78 is 0. The minimum absolute atomic E-state index is 0.426. The van der Waals surface area contributed by atoms with Gasteiger partial charge in [-0.05, 0) is 0 Å².